The number of hydrogen-bond donors (Lipinski definition) is 1. The number of carbonyl (C=O) groups excluding carboxylic acids is 2. The summed E-state index contributed by atoms with van der Waals surface area (Å²) in [6, 6.07) is 21.4. The van der Waals surface area contributed by atoms with Crippen molar-refractivity contribution >= 4 is 23.1 Å². The number of carbonyl (C=O) groups is 2. The molecule has 1 aliphatic heterocycles. The largest absolute Gasteiger partial charge is 0.507 e. The number of Topliss-reactive ketones (excluding diaryl/α,β-unsaturated/α-hetero) is 1. The molecule has 4 rings (SSSR count). The van der Waals surface area contributed by atoms with Crippen LogP contribution in [0.3, 0.4) is 0 Å². The molecule has 1 amide bonds. The maximum Gasteiger partial charge on any atom is 0.295 e. The van der Waals surface area contributed by atoms with Crippen LogP contribution < -0.4 is 0 Å². The molecule has 166 valence electrons. The van der Waals surface area contributed by atoms with E-state index >= 15 is 0 Å². The molecule has 1 unspecified atom stereocenters. The highest BCUT2D eigenvalue weighted by Gasteiger charge is 2.45. The molecule has 3 aromatic carbocycles. The minimum Gasteiger partial charge on any atom is -0.507 e. The van der Waals surface area contributed by atoms with E-state index in [1.165, 1.54) is 29.2 Å². The van der Waals surface area contributed by atoms with Crippen molar-refractivity contribution in [2.24, 2.45) is 0 Å². The van der Waals surface area contributed by atoms with Gasteiger partial charge in [0.05, 0.1) is 16.5 Å². The Morgan fingerprint density at radius 3 is 2.21 bits per heavy atom. The van der Waals surface area contributed by atoms with Crippen LogP contribution in [-0.2, 0) is 16.0 Å². The quantitative estimate of drug-likeness (QED) is 0.198. The van der Waals surface area contributed by atoms with Crippen molar-refractivity contribution in [1.29, 1.82) is 0 Å². The Balaban J connectivity index is 1.79. The average Bonchev–Trinajstić information content (AvgIpc) is 3.08. The molecule has 1 aliphatic rings. The third-order valence-corrected chi connectivity index (χ3v) is 5.77. The topological polar surface area (TPSA) is 101 Å². The first kappa shape index (κ1) is 22.0. The fraction of sp³-hybridized carbons (Fsp3) is 0.154. The first-order valence-corrected chi connectivity index (χ1v) is 10.5. The fourth-order valence-electron chi connectivity index (χ4n) is 4.00. The highest BCUT2D eigenvalue weighted by Crippen LogP contribution is 2.39. The van der Waals surface area contributed by atoms with Crippen LogP contribution in [0.1, 0.15) is 28.3 Å². The molecule has 0 bridgehead atoms. The molecular weight excluding hydrogens is 420 g/mol. The number of aryl methyl sites for hydroxylation is 1. The number of benzene rings is 3. The van der Waals surface area contributed by atoms with Gasteiger partial charge < -0.3 is 10.0 Å². The van der Waals surface area contributed by atoms with Gasteiger partial charge in [0.2, 0.25) is 0 Å². The van der Waals surface area contributed by atoms with Gasteiger partial charge in [-0.3, -0.25) is 19.7 Å². The van der Waals surface area contributed by atoms with Crippen LogP contribution in [0, 0.1) is 17.0 Å². The van der Waals surface area contributed by atoms with Crippen LogP contribution in [0.15, 0.2) is 84.4 Å². The van der Waals surface area contributed by atoms with Gasteiger partial charge >= 0.3 is 0 Å². The number of aliphatic hydroxyl groups is 1. The summed E-state index contributed by atoms with van der Waals surface area (Å²) in [7, 11) is 0. The zero-order valence-corrected chi connectivity index (χ0v) is 18.0. The van der Waals surface area contributed by atoms with Gasteiger partial charge in [-0.05, 0) is 36.6 Å². The third kappa shape index (κ3) is 4.39. The Kier molecular flexibility index (Phi) is 6.04. The second kappa shape index (κ2) is 9.08. The lowest BCUT2D eigenvalue weighted by Gasteiger charge is -2.25. The first-order chi connectivity index (χ1) is 15.9. The van der Waals surface area contributed by atoms with Gasteiger partial charge in [0.15, 0.2) is 0 Å². The molecule has 0 aliphatic carbocycles. The van der Waals surface area contributed by atoms with Crippen LogP contribution in [0.2, 0.25) is 0 Å². The molecule has 1 N–H and O–H groups in total. The van der Waals surface area contributed by atoms with Crippen LogP contribution >= 0.6 is 0 Å². The van der Waals surface area contributed by atoms with Gasteiger partial charge in [-0.25, -0.2) is 0 Å². The standard InChI is InChI=1S/C26H22N2O5/c1-17-7-9-20(10-8-17)24(29)22-23(19-11-13-21(14-12-19)28(32)33)27(26(31)25(22)30)16-15-18-5-3-2-4-6-18/h2-14,23,29H,15-16H2,1H3/b24-22+. The van der Waals surface area contributed by atoms with E-state index in [9.17, 15) is 24.8 Å². The van der Waals surface area contributed by atoms with Crippen molar-refractivity contribution in [1.82, 2.24) is 4.90 Å². The maximum absolute atomic E-state index is 13.1. The van der Waals surface area contributed by atoms with Crippen molar-refractivity contribution in [3.05, 3.63) is 117 Å². The highest BCUT2D eigenvalue weighted by atomic mass is 16.6. The molecule has 7 heteroatoms. The first-order valence-electron chi connectivity index (χ1n) is 10.5. The second-order valence-corrected chi connectivity index (χ2v) is 7.94. The summed E-state index contributed by atoms with van der Waals surface area (Å²) in [6.45, 7) is 2.16. The summed E-state index contributed by atoms with van der Waals surface area (Å²) in [4.78, 5) is 38.1. The number of nitrogens with zero attached hydrogens (tertiary/aromatic N) is 2. The van der Waals surface area contributed by atoms with E-state index in [4.69, 9.17) is 0 Å². The molecule has 1 fully saturated rings. The number of non-ortho nitro benzene ring substituents is 1. The molecule has 0 radical (unpaired) electrons. The van der Waals surface area contributed by atoms with Gasteiger partial charge in [-0.15, -0.1) is 0 Å². The number of hydrogen-bond acceptors (Lipinski definition) is 5. The van der Waals surface area contributed by atoms with Crippen molar-refractivity contribution in [3.63, 3.8) is 0 Å². The normalized spacial score (nSPS) is 17.4. The molecule has 1 heterocycles. The van der Waals surface area contributed by atoms with Crippen molar-refractivity contribution in [3.8, 4) is 0 Å². The van der Waals surface area contributed by atoms with Crippen molar-refractivity contribution in [2.45, 2.75) is 19.4 Å². The number of likely N-dealkylation sites (tertiary alicyclic amines) is 1. The molecule has 1 atom stereocenters. The summed E-state index contributed by atoms with van der Waals surface area (Å²) in [6.07, 6.45) is 0.516. The van der Waals surface area contributed by atoms with Gasteiger partial charge in [0.1, 0.15) is 5.76 Å². The average molecular weight is 442 g/mol. The molecular formula is C26H22N2O5. The molecule has 1 saturated heterocycles. The van der Waals surface area contributed by atoms with E-state index < -0.39 is 22.7 Å². The van der Waals surface area contributed by atoms with Gasteiger partial charge in [-0.2, -0.15) is 0 Å². The molecule has 0 saturated carbocycles. The van der Waals surface area contributed by atoms with E-state index in [1.54, 1.807) is 24.3 Å². The summed E-state index contributed by atoms with van der Waals surface area (Å²) in [5.74, 6) is -1.74. The molecule has 7 nitrogen and oxygen atoms in total. The van der Waals surface area contributed by atoms with Gasteiger partial charge in [0.25, 0.3) is 17.4 Å². The Morgan fingerprint density at radius 1 is 0.970 bits per heavy atom. The third-order valence-electron chi connectivity index (χ3n) is 5.77. The lowest BCUT2D eigenvalue weighted by molar-refractivity contribution is -0.384. The Labute approximate surface area is 190 Å². The van der Waals surface area contributed by atoms with E-state index in [0.717, 1.165) is 11.1 Å². The lowest BCUT2D eigenvalue weighted by atomic mass is 9.94. The second-order valence-electron chi connectivity index (χ2n) is 7.94. The Morgan fingerprint density at radius 2 is 1.61 bits per heavy atom. The number of amides is 1. The number of rotatable bonds is 6. The van der Waals surface area contributed by atoms with Crippen molar-refractivity contribution in [2.75, 3.05) is 6.54 Å². The van der Waals surface area contributed by atoms with E-state index in [1.807, 2.05) is 37.3 Å². The van der Waals surface area contributed by atoms with Crippen LogP contribution in [0.5, 0.6) is 0 Å². The minimum absolute atomic E-state index is 0.0224. The van der Waals surface area contributed by atoms with Crippen LogP contribution in [-0.4, -0.2) is 33.2 Å². The minimum atomic E-state index is -0.851. The summed E-state index contributed by atoms with van der Waals surface area (Å²) >= 11 is 0. The monoisotopic (exact) mass is 442 g/mol. The smallest absolute Gasteiger partial charge is 0.295 e. The number of nitro benzene ring substituents is 1. The zero-order valence-electron chi connectivity index (χ0n) is 18.0. The molecule has 0 aromatic heterocycles. The summed E-state index contributed by atoms with van der Waals surface area (Å²) in [5.41, 5.74) is 2.81. The van der Waals surface area contributed by atoms with E-state index in [2.05, 4.69) is 0 Å². The van der Waals surface area contributed by atoms with Crippen LogP contribution in [0.4, 0.5) is 5.69 Å². The van der Waals surface area contributed by atoms with E-state index in [0.29, 0.717) is 17.5 Å². The van der Waals surface area contributed by atoms with Gasteiger partial charge in [0, 0.05) is 24.2 Å². The predicted octanol–water partition coefficient (Wildman–Crippen LogP) is 4.57. The predicted molar refractivity (Wildman–Crippen MR) is 123 cm³/mol. The molecule has 33 heavy (non-hydrogen) atoms. The lowest BCUT2D eigenvalue weighted by Crippen LogP contribution is -2.31. The van der Waals surface area contributed by atoms with Gasteiger partial charge in [-0.1, -0.05) is 60.2 Å². The fourth-order valence-corrected chi connectivity index (χ4v) is 4.00. The zero-order chi connectivity index (χ0) is 23.5. The number of ketones is 1. The molecule has 3 aromatic rings. The Hall–Kier alpha value is -4.26. The van der Waals surface area contributed by atoms with Crippen molar-refractivity contribution < 1.29 is 19.6 Å². The SMILES string of the molecule is Cc1ccc(/C(O)=C2\C(=O)C(=O)N(CCc3ccccc3)C2c2ccc([N+](=O)[O-])cc2)cc1. The summed E-state index contributed by atoms with van der Waals surface area (Å²) < 4.78 is 0. The summed E-state index contributed by atoms with van der Waals surface area (Å²) in [5, 5.41) is 22.1. The number of aliphatic hydroxyl groups excluding tert-OH is 1. The number of nitro groups is 1. The van der Waals surface area contributed by atoms with E-state index in [-0.39, 0.29) is 23.6 Å². The molecule has 0 spiro atoms. The highest BCUT2D eigenvalue weighted by molar-refractivity contribution is 6.46. The maximum atomic E-state index is 13.1. The van der Waals surface area contributed by atoms with Crippen LogP contribution in [0.25, 0.3) is 5.76 Å². The Bertz CT molecular complexity index is 1230.